The number of halogens is 1. The first-order chi connectivity index (χ1) is 12.1. The fraction of sp³-hybridized carbons (Fsp3) is 0.222. The van der Waals surface area contributed by atoms with Gasteiger partial charge in [0.25, 0.3) is 0 Å². The van der Waals surface area contributed by atoms with Gasteiger partial charge >= 0.3 is 11.8 Å². The fourth-order valence-electron chi connectivity index (χ4n) is 2.25. The van der Waals surface area contributed by atoms with Crippen LogP contribution in [0.15, 0.2) is 53.4 Å². The number of hydrogen-bond donors (Lipinski definition) is 2. The summed E-state index contributed by atoms with van der Waals surface area (Å²) in [4.78, 5) is 25.0. The summed E-state index contributed by atoms with van der Waals surface area (Å²) in [6.45, 7) is 0.136. The molecule has 0 heterocycles. The van der Waals surface area contributed by atoms with Gasteiger partial charge < -0.3 is 15.4 Å². The number of thioether (sulfide) groups is 1. The highest BCUT2D eigenvalue weighted by molar-refractivity contribution is 7.98. The molecule has 2 aromatic rings. The van der Waals surface area contributed by atoms with Crippen LogP contribution in [-0.2, 0) is 14.3 Å². The van der Waals surface area contributed by atoms with Gasteiger partial charge in [0, 0.05) is 29.1 Å². The molecule has 0 aliphatic rings. The lowest BCUT2D eigenvalue weighted by atomic mass is 10.1. The maximum atomic E-state index is 12.1. The van der Waals surface area contributed by atoms with E-state index in [1.54, 1.807) is 18.2 Å². The van der Waals surface area contributed by atoms with Crippen molar-refractivity contribution in [3.8, 4) is 0 Å². The lowest BCUT2D eigenvalue weighted by molar-refractivity contribution is -0.136. The predicted molar refractivity (Wildman–Crippen MR) is 101 cm³/mol. The molecule has 0 saturated heterocycles. The fourth-order valence-corrected chi connectivity index (χ4v) is 3.06. The van der Waals surface area contributed by atoms with Crippen molar-refractivity contribution in [2.24, 2.45) is 0 Å². The quantitative estimate of drug-likeness (QED) is 0.596. The summed E-state index contributed by atoms with van der Waals surface area (Å²) in [7, 11) is 1.52. The summed E-state index contributed by atoms with van der Waals surface area (Å²) in [6.07, 6.45) is 1.46. The molecule has 25 heavy (non-hydrogen) atoms. The SMILES string of the molecule is CO[C@@H](CNC(=O)C(=O)Nc1ccccc1SC)c1ccccc1Cl. The Kier molecular flexibility index (Phi) is 7.31. The number of amides is 2. The smallest absolute Gasteiger partial charge is 0.313 e. The van der Waals surface area contributed by atoms with E-state index in [0.29, 0.717) is 10.7 Å². The first-order valence-electron chi connectivity index (χ1n) is 7.56. The van der Waals surface area contributed by atoms with Crippen molar-refractivity contribution in [3.05, 3.63) is 59.1 Å². The van der Waals surface area contributed by atoms with Crippen LogP contribution in [0.4, 0.5) is 5.69 Å². The molecule has 0 fully saturated rings. The van der Waals surface area contributed by atoms with Crippen molar-refractivity contribution in [1.82, 2.24) is 5.32 Å². The van der Waals surface area contributed by atoms with Gasteiger partial charge in [-0.05, 0) is 24.5 Å². The number of carbonyl (C=O) groups excluding carboxylic acids is 2. The number of ether oxygens (including phenoxy) is 1. The zero-order valence-electron chi connectivity index (χ0n) is 13.9. The van der Waals surface area contributed by atoms with Gasteiger partial charge in [-0.3, -0.25) is 9.59 Å². The van der Waals surface area contributed by atoms with Crippen LogP contribution in [-0.4, -0.2) is 31.7 Å². The highest BCUT2D eigenvalue weighted by atomic mass is 35.5. The molecule has 0 unspecified atom stereocenters. The van der Waals surface area contributed by atoms with E-state index in [4.69, 9.17) is 16.3 Å². The van der Waals surface area contributed by atoms with Gasteiger partial charge in [-0.2, -0.15) is 0 Å². The zero-order chi connectivity index (χ0) is 18.2. The van der Waals surface area contributed by atoms with E-state index in [9.17, 15) is 9.59 Å². The Hall–Kier alpha value is -2.02. The molecule has 0 aliphatic heterocycles. The van der Waals surface area contributed by atoms with E-state index in [1.807, 2.05) is 36.6 Å². The van der Waals surface area contributed by atoms with E-state index >= 15 is 0 Å². The molecule has 0 saturated carbocycles. The summed E-state index contributed by atoms with van der Waals surface area (Å²) >= 11 is 7.63. The van der Waals surface area contributed by atoms with Crippen LogP contribution in [0, 0.1) is 0 Å². The van der Waals surface area contributed by atoms with Crippen molar-refractivity contribution >= 4 is 40.9 Å². The predicted octanol–water partition coefficient (Wildman–Crippen LogP) is 3.50. The first kappa shape index (κ1) is 19.3. The number of benzene rings is 2. The second-order valence-electron chi connectivity index (χ2n) is 5.11. The molecule has 2 amide bonds. The van der Waals surface area contributed by atoms with E-state index in [1.165, 1.54) is 18.9 Å². The van der Waals surface area contributed by atoms with Crippen LogP contribution in [0.25, 0.3) is 0 Å². The van der Waals surface area contributed by atoms with Crippen LogP contribution < -0.4 is 10.6 Å². The molecule has 0 aliphatic carbocycles. The molecular weight excluding hydrogens is 360 g/mol. The Labute approximate surface area is 156 Å². The van der Waals surface area contributed by atoms with Crippen molar-refractivity contribution in [1.29, 1.82) is 0 Å². The number of rotatable bonds is 6. The van der Waals surface area contributed by atoms with Crippen LogP contribution >= 0.6 is 23.4 Å². The summed E-state index contributed by atoms with van der Waals surface area (Å²) < 4.78 is 5.37. The highest BCUT2D eigenvalue weighted by Crippen LogP contribution is 2.25. The molecule has 0 spiro atoms. The van der Waals surface area contributed by atoms with E-state index < -0.39 is 17.9 Å². The standard InChI is InChI=1S/C18H19ClN2O3S/c1-24-15(12-7-3-4-8-13(12)19)11-20-17(22)18(23)21-14-9-5-6-10-16(14)25-2/h3-10,15H,11H2,1-2H3,(H,20,22)(H,21,23)/t15-/m0/s1. The molecule has 2 aromatic carbocycles. The maximum absolute atomic E-state index is 12.1. The molecular formula is C18H19ClN2O3S. The first-order valence-corrected chi connectivity index (χ1v) is 9.16. The third-order valence-electron chi connectivity index (χ3n) is 3.55. The minimum atomic E-state index is -0.731. The third-order valence-corrected chi connectivity index (χ3v) is 4.69. The molecule has 0 bridgehead atoms. The molecule has 0 aromatic heterocycles. The Morgan fingerprint density at radius 2 is 1.80 bits per heavy atom. The van der Waals surface area contributed by atoms with Crippen LogP contribution in [0.3, 0.4) is 0 Å². The van der Waals surface area contributed by atoms with Gasteiger partial charge in [0.15, 0.2) is 0 Å². The molecule has 5 nitrogen and oxygen atoms in total. The Balaban J connectivity index is 1.97. The zero-order valence-corrected chi connectivity index (χ0v) is 15.5. The number of hydrogen-bond acceptors (Lipinski definition) is 4. The van der Waals surface area contributed by atoms with E-state index in [0.717, 1.165) is 10.5 Å². The lowest BCUT2D eigenvalue weighted by Crippen LogP contribution is -2.38. The van der Waals surface area contributed by atoms with Crippen molar-refractivity contribution in [2.45, 2.75) is 11.0 Å². The number of para-hydroxylation sites is 1. The summed E-state index contributed by atoms with van der Waals surface area (Å²) in [5, 5.41) is 5.73. The van der Waals surface area contributed by atoms with Crippen LogP contribution in [0.2, 0.25) is 5.02 Å². The van der Waals surface area contributed by atoms with Gasteiger partial charge in [0.2, 0.25) is 0 Å². The lowest BCUT2D eigenvalue weighted by Gasteiger charge is -2.17. The number of nitrogens with one attached hydrogen (secondary N) is 2. The maximum Gasteiger partial charge on any atom is 0.313 e. The largest absolute Gasteiger partial charge is 0.375 e. The normalized spacial score (nSPS) is 11.6. The van der Waals surface area contributed by atoms with Gasteiger partial charge in [0.05, 0.1) is 5.69 Å². The van der Waals surface area contributed by atoms with Gasteiger partial charge in [-0.1, -0.05) is 41.9 Å². The minimum Gasteiger partial charge on any atom is -0.375 e. The second-order valence-corrected chi connectivity index (χ2v) is 6.37. The van der Waals surface area contributed by atoms with Crippen molar-refractivity contribution < 1.29 is 14.3 Å². The van der Waals surface area contributed by atoms with Gasteiger partial charge in [0.1, 0.15) is 6.10 Å². The molecule has 7 heteroatoms. The summed E-state index contributed by atoms with van der Waals surface area (Å²) in [5.41, 5.74) is 1.35. The Bertz CT molecular complexity index is 755. The molecule has 132 valence electrons. The Morgan fingerprint density at radius 3 is 2.48 bits per heavy atom. The molecule has 2 rings (SSSR count). The number of methoxy groups -OCH3 is 1. The second kappa shape index (κ2) is 9.46. The summed E-state index contributed by atoms with van der Waals surface area (Å²) in [5.74, 6) is -1.46. The monoisotopic (exact) mass is 378 g/mol. The topological polar surface area (TPSA) is 67.4 Å². The highest BCUT2D eigenvalue weighted by Gasteiger charge is 2.19. The molecule has 0 radical (unpaired) electrons. The number of anilines is 1. The van der Waals surface area contributed by atoms with Crippen molar-refractivity contribution in [2.75, 3.05) is 25.2 Å². The average Bonchev–Trinajstić information content (AvgIpc) is 2.63. The minimum absolute atomic E-state index is 0.136. The van der Waals surface area contributed by atoms with Gasteiger partial charge in [-0.15, -0.1) is 11.8 Å². The number of carbonyl (C=O) groups is 2. The molecule has 1 atom stereocenters. The Morgan fingerprint density at radius 1 is 1.12 bits per heavy atom. The van der Waals surface area contributed by atoms with Crippen LogP contribution in [0.1, 0.15) is 11.7 Å². The van der Waals surface area contributed by atoms with E-state index in [-0.39, 0.29) is 6.54 Å². The van der Waals surface area contributed by atoms with Gasteiger partial charge in [-0.25, -0.2) is 0 Å². The molecule has 2 N–H and O–H groups in total. The van der Waals surface area contributed by atoms with Crippen LogP contribution in [0.5, 0.6) is 0 Å². The van der Waals surface area contributed by atoms with Crippen molar-refractivity contribution in [3.63, 3.8) is 0 Å². The van der Waals surface area contributed by atoms with E-state index in [2.05, 4.69) is 10.6 Å². The third kappa shape index (κ3) is 5.22. The summed E-state index contributed by atoms with van der Waals surface area (Å²) in [6, 6.07) is 14.5. The average molecular weight is 379 g/mol.